The summed E-state index contributed by atoms with van der Waals surface area (Å²) in [5, 5.41) is 3.47. The van der Waals surface area contributed by atoms with Gasteiger partial charge in [0.15, 0.2) is 0 Å². The zero-order valence-corrected chi connectivity index (χ0v) is 18.3. The van der Waals surface area contributed by atoms with Gasteiger partial charge in [-0.2, -0.15) is 0 Å². The fraction of sp³-hybridized carbons (Fsp3) is 0.480. The Labute approximate surface area is 175 Å². The highest BCUT2D eigenvalue weighted by Crippen LogP contribution is 2.49. The van der Waals surface area contributed by atoms with E-state index in [0.717, 1.165) is 32.2 Å². The molecule has 1 saturated carbocycles. The third-order valence-corrected chi connectivity index (χ3v) is 6.83. The molecule has 0 unspecified atom stereocenters. The van der Waals surface area contributed by atoms with E-state index in [1.807, 2.05) is 14.1 Å². The van der Waals surface area contributed by atoms with E-state index >= 15 is 0 Å². The fourth-order valence-electron chi connectivity index (χ4n) is 4.81. The van der Waals surface area contributed by atoms with Gasteiger partial charge in [0.05, 0.1) is 6.54 Å². The second-order valence-corrected chi connectivity index (χ2v) is 8.83. The SMILES string of the molecule is CN(C)C(=O)CNCC1(c2ccccc2)CCC(c2ccccc2)(N(C)C)CC1. The van der Waals surface area contributed by atoms with E-state index in [9.17, 15) is 4.79 Å². The molecule has 1 amide bonds. The molecule has 3 rings (SSSR count). The van der Waals surface area contributed by atoms with Gasteiger partial charge in [0, 0.05) is 31.6 Å². The van der Waals surface area contributed by atoms with Crippen molar-refractivity contribution in [1.82, 2.24) is 15.1 Å². The molecule has 1 aliphatic rings. The van der Waals surface area contributed by atoms with E-state index in [2.05, 4.69) is 85.0 Å². The third kappa shape index (κ3) is 4.54. The number of carbonyl (C=O) groups is 1. The Balaban J connectivity index is 1.83. The number of amides is 1. The van der Waals surface area contributed by atoms with Crippen molar-refractivity contribution in [3.05, 3.63) is 71.8 Å². The first-order chi connectivity index (χ1) is 13.9. The fourth-order valence-corrected chi connectivity index (χ4v) is 4.81. The van der Waals surface area contributed by atoms with Crippen molar-refractivity contribution in [2.24, 2.45) is 0 Å². The summed E-state index contributed by atoms with van der Waals surface area (Å²) in [6.07, 6.45) is 4.38. The number of carbonyl (C=O) groups excluding carboxylic acids is 1. The lowest BCUT2D eigenvalue weighted by Gasteiger charge is -2.50. The van der Waals surface area contributed by atoms with Crippen LogP contribution in [0.3, 0.4) is 0 Å². The number of nitrogens with zero attached hydrogens (tertiary/aromatic N) is 2. The first-order valence-electron chi connectivity index (χ1n) is 10.6. The van der Waals surface area contributed by atoms with Crippen molar-refractivity contribution in [3.8, 4) is 0 Å². The van der Waals surface area contributed by atoms with Gasteiger partial charge < -0.3 is 10.2 Å². The molecule has 2 aromatic rings. The van der Waals surface area contributed by atoms with Gasteiger partial charge in [0.2, 0.25) is 5.91 Å². The monoisotopic (exact) mass is 393 g/mol. The van der Waals surface area contributed by atoms with Gasteiger partial charge in [-0.3, -0.25) is 9.69 Å². The van der Waals surface area contributed by atoms with E-state index in [4.69, 9.17) is 0 Å². The summed E-state index contributed by atoms with van der Waals surface area (Å²) in [6.45, 7) is 1.22. The molecule has 1 N–H and O–H groups in total. The van der Waals surface area contributed by atoms with Crippen LogP contribution in [-0.4, -0.2) is 57.0 Å². The molecule has 0 bridgehead atoms. The van der Waals surface area contributed by atoms with Crippen LogP contribution in [0.2, 0.25) is 0 Å². The molecule has 0 saturated heterocycles. The Morgan fingerprint density at radius 1 is 0.828 bits per heavy atom. The Kier molecular flexibility index (Phi) is 6.76. The topological polar surface area (TPSA) is 35.6 Å². The van der Waals surface area contributed by atoms with E-state index in [-0.39, 0.29) is 16.9 Å². The van der Waals surface area contributed by atoms with Gasteiger partial charge in [-0.15, -0.1) is 0 Å². The highest BCUT2D eigenvalue weighted by molar-refractivity contribution is 5.77. The van der Waals surface area contributed by atoms with Gasteiger partial charge in [-0.25, -0.2) is 0 Å². The summed E-state index contributed by atoms with van der Waals surface area (Å²) < 4.78 is 0. The van der Waals surface area contributed by atoms with Crippen LogP contribution in [0.25, 0.3) is 0 Å². The van der Waals surface area contributed by atoms with Crippen LogP contribution in [0.5, 0.6) is 0 Å². The van der Waals surface area contributed by atoms with Crippen molar-refractivity contribution in [2.45, 2.75) is 36.6 Å². The molecule has 0 atom stereocenters. The number of hydrogen-bond acceptors (Lipinski definition) is 3. The number of rotatable bonds is 7. The highest BCUT2D eigenvalue weighted by atomic mass is 16.2. The minimum absolute atomic E-state index is 0.0577. The third-order valence-electron chi connectivity index (χ3n) is 6.83. The van der Waals surface area contributed by atoms with Gasteiger partial charge in [-0.1, -0.05) is 60.7 Å². The van der Waals surface area contributed by atoms with Crippen molar-refractivity contribution in [1.29, 1.82) is 0 Å². The Morgan fingerprint density at radius 2 is 1.34 bits per heavy atom. The van der Waals surface area contributed by atoms with Crippen molar-refractivity contribution < 1.29 is 4.79 Å². The van der Waals surface area contributed by atoms with Gasteiger partial charge in [0.1, 0.15) is 0 Å². The van der Waals surface area contributed by atoms with Crippen LogP contribution in [0.1, 0.15) is 36.8 Å². The lowest BCUT2D eigenvalue weighted by atomic mass is 9.62. The second-order valence-electron chi connectivity index (χ2n) is 8.83. The Morgan fingerprint density at radius 3 is 1.83 bits per heavy atom. The number of benzene rings is 2. The molecule has 0 aromatic heterocycles. The van der Waals surface area contributed by atoms with Crippen LogP contribution < -0.4 is 5.32 Å². The molecule has 156 valence electrons. The van der Waals surface area contributed by atoms with Crippen LogP contribution in [0.15, 0.2) is 60.7 Å². The van der Waals surface area contributed by atoms with Crippen molar-refractivity contribution in [2.75, 3.05) is 41.3 Å². The summed E-state index contributed by atoms with van der Waals surface area (Å²) >= 11 is 0. The average Bonchev–Trinajstić information content (AvgIpc) is 2.75. The van der Waals surface area contributed by atoms with E-state index in [0.29, 0.717) is 6.54 Å². The molecule has 0 spiro atoms. The molecule has 0 radical (unpaired) electrons. The molecular weight excluding hydrogens is 358 g/mol. The molecule has 1 aliphatic carbocycles. The summed E-state index contributed by atoms with van der Waals surface area (Å²) in [5.41, 5.74) is 2.91. The molecule has 2 aromatic carbocycles. The summed E-state index contributed by atoms with van der Waals surface area (Å²) in [7, 11) is 8.03. The molecule has 0 heterocycles. The maximum absolute atomic E-state index is 12.1. The number of hydrogen-bond donors (Lipinski definition) is 1. The maximum Gasteiger partial charge on any atom is 0.236 e. The molecule has 4 nitrogen and oxygen atoms in total. The van der Waals surface area contributed by atoms with Gasteiger partial charge in [-0.05, 0) is 50.9 Å². The van der Waals surface area contributed by atoms with E-state index in [1.54, 1.807) is 4.90 Å². The molecular formula is C25H35N3O. The molecule has 1 fully saturated rings. The van der Waals surface area contributed by atoms with Crippen LogP contribution in [0.4, 0.5) is 0 Å². The van der Waals surface area contributed by atoms with Crippen LogP contribution >= 0.6 is 0 Å². The first kappa shape index (κ1) is 21.5. The predicted octanol–water partition coefficient (Wildman–Crippen LogP) is 3.63. The normalized spacial score (nSPS) is 24.4. The van der Waals surface area contributed by atoms with Crippen LogP contribution in [-0.2, 0) is 15.7 Å². The standard InChI is InChI=1S/C25H35N3O/c1-27(2)23(29)19-26-20-24(21-11-7-5-8-12-21)15-17-25(18-16-24,28(3)4)22-13-9-6-10-14-22/h5-14,26H,15-20H2,1-4H3. The van der Waals surface area contributed by atoms with Crippen molar-refractivity contribution in [3.63, 3.8) is 0 Å². The predicted molar refractivity (Wildman–Crippen MR) is 120 cm³/mol. The van der Waals surface area contributed by atoms with Crippen LogP contribution in [0, 0.1) is 0 Å². The van der Waals surface area contributed by atoms with Gasteiger partial charge >= 0.3 is 0 Å². The largest absolute Gasteiger partial charge is 0.348 e. The number of nitrogens with one attached hydrogen (secondary N) is 1. The average molecular weight is 394 g/mol. The van der Waals surface area contributed by atoms with Crippen molar-refractivity contribution >= 4 is 5.91 Å². The zero-order chi connectivity index (χ0) is 20.9. The maximum atomic E-state index is 12.1. The Bertz CT molecular complexity index is 778. The summed E-state index contributed by atoms with van der Waals surface area (Å²) in [5.74, 6) is 0.121. The molecule has 0 aliphatic heterocycles. The second kappa shape index (κ2) is 9.10. The van der Waals surface area contributed by atoms with Gasteiger partial charge in [0.25, 0.3) is 0 Å². The lowest BCUT2D eigenvalue weighted by molar-refractivity contribution is -0.127. The molecule has 4 heteroatoms. The smallest absolute Gasteiger partial charge is 0.236 e. The zero-order valence-electron chi connectivity index (χ0n) is 18.3. The Hall–Kier alpha value is -2.17. The van der Waals surface area contributed by atoms with E-state index < -0.39 is 0 Å². The summed E-state index contributed by atoms with van der Waals surface area (Å²) in [6, 6.07) is 21.8. The first-order valence-corrected chi connectivity index (χ1v) is 10.6. The quantitative estimate of drug-likeness (QED) is 0.780. The highest BCUT2D eigenvalue weighted by Gasteiger charge is 2.45. The summed E-state index contributed by atoms with van der Waals surface area (Å²) in [4.78, 5) is 16.1. The minimum atomic E-state index is 0.0577. The minimum Gasteiger partial charge on any atom is -0.348 e. The number of likely N-dealkylation sites (N-methyl/N-ethyl adjacent to an activating group) is 1. The molecule has 29 heavy (non-hydrogen) atoms. The lowest BCUT2D eigenvalue weighted by Crippen LogP contribution is -2.51. The van der Waals surface area contributed by atoms with E-state index in [1.165, 1.54) is 11.1 Å².